The maximum absolute atomic E-state index is 6.52. The number of anilines is 6. The van der Waals surface area contributed by atoms with Crippen LogP contribution in [-0.4, -0.2) is 4.57 Å². The summed E-state index contributed by atoms with van der Waals surface area (Å²) in [6, 6.07) is 82.5. The Balaban J connectivity index is 0.937. The molecule has 0 aliphatic heterocycles. The molecule has 0 radical (unpaired) electrons. The predicted octanol–water partition coefficient (Wildman–Crippen LogP) is 21.8. The number of aromatic nitrogens is 1. The van der Waals surface area contributed by atoms with Crippen LogP contribution < -0.4 is 9.80 Å². The van der Waals surface area contributed by atoms with Crippen LogP contribution >= 0.6 is 34.0 Å². The number of hydrogen-bond acceptors (Lipinski definition) is 6. The molecule has 0 saturated carbocycles. The third-order valence-corrected chi connectivity index (χ3v) is 18.3. The van der Waals surface area contributed by atoms with Crippen molar-refractivity contribution in [1.82, 2.24) is 4.57 Å². The van der Waals surface area contributed by atoms with Gasteiger partial charge in [0, 0.05) is 118 Å². The average Bonchev–Trinajstić information content (AvgIpc) is 4.39. The molecule has 0 fully saturated rings. The Hall–Kier alpha value is -8.98. The number of hydrogen-bond donors (Lipinski definition) is 0. The first-order valence-electron chi connectivity index (χ1n) is 25.5. The van der Waals surface area contributed by atoms with Gasteiger partial charge in [-0.2, -0.15) is 0 Å². The largest absolute Gasteiger partial charge is 0.456 e. The summed E-state index contributed by atoms with van der Waals surface area (Å²) in [5.41, 5.74) is 13.0. The Labute approximate surface area is 450 Å². The Morgan fingerprint density at radius 3 is 1.66 bits per heavy atom. The molecule has 4 nitrogen and oxygen atoms in total. The van der Waals surface area contributed by atoms with Gasteiger partial charge in [0.05, 0.1) is 5.52 Å². The van der Waals surface area contributed by atoms with E-state index in [2.05, 4.69) is 258 Å². The molecular formula is C69H45N3OS3. The fourth-order valence-corrected chi connectivity index (χ4v) is 14.9. The second-order valence-corrected chi connectivity index (χ2v) is 22.4. The van der Waals surface area contributed by atoms with Gasteiger partial charge in [-0.25, -0.2) is 0 Å². The average molecular weight is 1030 g/mol. The minimum atomic E-state index is 0.768. The van der Waals surface area contributed by atoms with E-state index in [1.807, 2.05) is 40.9 Å². The lowest BCUT2D eigenvalue weighted by Gasteiger charge is -2.26. The zero-order chi connectivity index (χ0) is 50.4. The number of thiophene rings is 3. The summed E-state index contributed by atoms with van der Waals surface area (Å²) in [5, 5.41) is 9.81. The standard InChI is InChI=1S/C69H45N3OS3/c1-3-15-52-53-33-28-50(41-62(53)73-61(52)4-2)71(51-29-34-56-54-20-11-13-22-63(54)75-67(56)42-51)48-32-37-66-59(39-48)68-57-35-30-49(40-60(57)72(69(68)76-66)45-18-9-6-10-19-45)70(46-26-24-44(25-27-46)43-16-7-5-8-17-43)47-31-36-65-58(38-47)55-21-12-14-23-64(55)74-65/h3-42H,2H2,1H3/b15-3-. The van der Waals surface area contributed by atoms with Crippen molar-refractivity contribution in [3.8, 4) is 16.8 Å². The highest BCUT2D eigenvalue weighted by Gasteiger charge is 2.24. The van der Waals surface area contributed by atoms with Crippen molar-refractivity contribution < 1.29 is 4.42 Å². The smallest absolute Gasteiger partial charge is 0.137 e. The molecular weight excluding hydrogens is 983 g/mol. The van der Waals surface area contributed by atoms with Gasteiger partial charge < -0.3 is 18.8 Å². The van der Waals surface area contributed by atoms with Crippen LogP contribution in [-0.2, 0) is 0 Å². The van der Waals surface area contributed by atoms with Crippen molar-refractivity contribution in [3.63, 3.8) is 0 Å². The molecule has 360 valence electrons. The SMILES string of the molecule is C=Cc1oc2cc(N(c3ccc4c(c3)sc3ccccc34)c3ccc4sc5c(c4c3)c3ccc(N(c4ccc(-c6ccccc6)cc4)c4ccc6sc7ccccc7c6c4)cc3n5-c3ccccc3)ccc2c1/C=C\C. The molecule has 0 aliphatic carbocycles. The lowest BCUT2D eigenvalue weighted by atomic mass is 10.0. The maximum atomic E-state index is 6.52. The summed E-state index contributed by atoms with van der Waals surface area (Å²) < 4.78 is 15.3. The molecule has 7 heteroatoms. The zero-order valence-corrected chi connectivity index (χ0v) is 43.7. The Kier molecular flexibility index (Phi) is 10.5. The highest BCUT2D eigenvalue weighted by Crippen LogP contribution is 2.49. The van der Waals surface area contributed by atoms with Gasteiger partial charge in [-0.15, -0.1) is 34.0 Å². The van der Waals surface area contributed by atoms with Gasteiger partial charge in [0.15, 0.2) is 0 Å². The summed E-state index contributed by atoms with van der Waals surface area (Å²) in [7, 11) is 0. The number of nitrogens with zero attached hydrogens (tertiary/aromatic N) is 3. The minimum Gasteiger partial charge on any atom is -0.456 e. The molecule has 15 aromatic rings. The molecule has 10 aromatic carbocycles. The van der Waals surface area contributed by atoms with Crippen LogP contribution in [0.15, 0.2) is 242 Å². The third-order valence-electron chi connectivity index (χ3n) is 14.9. The Morgan fingerprint density at radius 2 is 0.934 bits per heavy atom. The van der Waals surface area contributed by atoms with Gasteiger partial charge >= 0.3 is 0 Å². The van der Waals surface area contributed by atoms with Gasteiger partial charge in [0.25, 0.3) is 0 Å². The van der Waals surface area contributed by atoms with Gasteiger partial charge in [-0.3, -0.25) is 0 Å². The lowest BCUT2D eigenvalue weighted by Crippen LogP contribution is -2.10. The fraction of sp³-hybridized carbons (Fsp3) is 0.0145. The topological polar surface area (TPSA) is 24.6 Å². The van der Waals surface area contributed by atoms with Gasteiger partial charge in [-0.05, 0) is 133 Å². The number of furan rings is 1. The summed E-state index contributed by atoms with van der Waals surface area (Å²) >= 11 is 5.54. The fourth-order valence-electron chi connectivity index (χ4n) is 11.4. The van der Waals surface area contributed by atoms with E-state index in [1.54, 1.807) is 6.08 Å². The third kappa shape index (κ3) is 7.15. The minimum absolute atomic E-state index is 0.768. The molecule has 0 amide bonds. The van der Waals surface area contributed by atoms with Crippen molar-refractivity contribution in [2.75, 3.05) is 9.80 Å². The quantitative estimate of drug-likeness (QED) is 0.136. The molecule has 5 aromatic heterocycles. The molecule has 76 heavy (non-hydrogen) atoms. The first-order chi connectivity index (χ1) is 37.6. The summed E-state index contributed by atoms with van der Waals surface area (Å²) in [6.45, 7) is 6.13. The van der Waals surface area contributed by atoms with Crippen LogP contribution in [0.2, 0.25) is 0 Å². The second-order valence-electron chi connectivity index (χ2n) is 19.2. The number of rotatable bonds is 10. The van der Waals surface area contributed by atoms with Crippen molar-refractivity contribution >= 4 is 163 Å². The van der Waals surface area contributed by atoms with E-state index in [1.165, 1.54) is 77.2 Å². The van der Waals surface area contributed by atoms with Crippen LogP contribution in [0.3, 0.4) is 0 Å². The molecule has 0 atom stereocenters. The van der Waals surface area contributed by atoms with Crippen LogP contribution in [0.1, 0.15) is 18.2 Å². The molecule has 5 heterocycles. The van der Waals surface area contributed by atoms with Crippen molar-refractivity contribution in [1.29, 1.82) is 0 Å². The molecule has 0 spiro atoms. The summed E-state index contributed by atoms with van der Waals surface area (Å²) in [4.78, 5) is 6.02. The maximum Gasteiger partial charge on any atom is 0.137 e. The molecule has 0 aliphatic rings. The number of benzene rings is 10. The van der Waals surface area contributed by atoms with Crippen LogP contribution in [0.4, 0.5) is 34.1 Å². The van der Waals surface area contributed by atoms with E-state index in [4.69, 9.17) is 4.42 Å². The van der Waals surface area contributed by atoms with Crippen LogP contribution in [0.5, 0.6) is 0 Å². The second kappa shape index (κ2) is 17.9. The number of para-hydroxylation sites is 1. The highest BCUT2D eigenvalue weighted by molar-refractivity contribution is 7.26. The Morgan fingerprint density at radius 1 is 0.421 bits per heavy atom. The Bertz CT molecular complexity index is 4800. The lowest BCUT2D eigenvalue weighted by molar-refractivity contribution is 0.603. The number of fused-ring (bicyclic) bond motifs is 12. The van der Waals surface area contributed by atoms with Crippen LogP contribution in [0.25, 0.3) is 111 Å². The molecule has 15 rings (SSSR count). The first kappa shape index (κ1) is 44.5. The normalized spacial score (nSPS) is 12.0. The van der Waals surface area contributed by atoms with E-state index < -0.39 is 0 Å². The van der Waals surface area contributed by atoms with Gasteiger partial charge in [0.1, 0.15) is 16.2 Å². The van der Waals surface area contributed by atoms with E-state index in [0.29, 0.717) is 0 Å². The highest BCUT2D eigenvalue weighted by atomic mass is 32.1. The van der Waals surface area contributed by atoms with Crippen molar-refractivity contribution in [2.24, 2.45) is 0 Å². The molecule has 0 bridgehead atoms. The van der Waals surface area contributed by atoms with E-state index in [0.717, 1.165) is 67.6 Å². The van der Waals surface area contributed by atoms with E-state index in [9.17, 15) is 0 Å². The molecule has 0 unspecified atom stereocenters. The van der Waals surface area contributed by atoms with Crippen molar-refractivity contribution in [3.05, 3.63) is 248 Å². The summed E-state index contributed by atoms with van der Waals surface area (Å²) in [5.74, 6) is 0.768. The monoisotopic (exact) mass is 1030 g/mol. The molecule has 0 N–H and O–H groups in total. The van der Waals surface area contributed by atoms with Crippen molar-refractivity contribution in [2.45, 2.75) is 6.92 Å². The zero-order valence-electron chi connectivity index (χ0n) is 41.3. The first-order valence-corrected chi connectivity index (χ1v) is 28.0. The van der Waals surface area contributed by atoms with E-state index >= 15 is 0 Å². The molecule has 0 saturated heterocycles. The summed E-state index contributed by atoms with van der Waals surface area (Å²) in [6.07, 6.45) is 5.96. The number of allylic oxidation sites excluding steroid dienone is 1. The van der Waals surface area contributed by atoms with E-state index in [-0.39, 0.29) is 0 Å². The van der Waals surface area contributed by atoms with Gasteiger partial charge in [-0.1, -0.05) is 128 Å². The predicted molar refractivity (Wildman–Crippen MR) is 331 cm³/mol. The van der Waals surface area contributed by atoms with Gasteiger partial charge in [0.2, 0.25) is 0 Å². The van der Waals surface area contributed by atoms with Crippen LogP contribution in [0, 0.1) is 0 Å².